The highest BCUT2D eigenvalue weighted by Crippen LogP contribution is 2.15. The van der Waals surface area contributed by atoms with E-state index in [2.05, 4.69) is 10.5 Å². The molecule has 4 N–H and O–H groups in total. The zero-order valence-corrected chi connectivity index (χ0v) is 11.1. The van der Waals surface area contributed by atoms with Gasteiger partial charge >= 0.3 is 0 Å². The predicted molar refractivity (Wildman–Crippen MR) is 68.3 cm³/mol. The van der Waals surface area contributed by atoms with Gasteiger partial charge in [-0.1, -0.05) is 19.0 Å². The number of ether oxygens (including phenoxy) is 1. The smallest absolute Gasteiger partial charge is 0.231 e. The largest absolute Gasteiger partial charge is 0.409 e. The number of oxime groups is 1. The highest BCUT2D eigenvalue weighted by atomic mass is 16.5. The molecule has 6 nitrogen and oxygen atoms in total. The number of amides is 1. The summed E-state index contributed by atoms with van der Waals surface area (Å²) in [5.74, 6) is -0.832. The molecule has 18 heavy (non-hydrogen) atoms. The van der Waals surface area contributed by atoms with Crippen molar-refractivity contribution in [1.29, 1.82) is 0 Å². The molecule has 1 heterocycles. The number of carbonyl (C=O) groups is 1. The van der Waals surface area contributed by atoms with Crippen LogP contribution in [0.2, 0.25) is 0 Å². The molecule has 1 fully saturated rings. The Labute approximate surface area is 108 Å². The van der Waals surface area contributed by atoms with E-state index in [-0.39, 0.29) is 23.8 Å². The van der Waals surface area contributed by atoms with Crippen molar-refractivity contribution < 1.29 is 14.7 Å². The van der Waals surface area contributed by atoms with Crippen LogP contribution in [0.1, 0.15) is 33.1 Å². The lowest BCUT2D eigenvalue weighted by atomic mass is 9.94. The first kappa shape index (κ1) is 14.8. The average Bonchev–Trinajstić information content (AvgIpc) is 2.81. The van der Waals surface area contributed by atoms with Crippen molar-refractivity contribution in [3.63, 3.8) is 0 Å². The topological polar surface area (TPSA) is 96.9 Å². The molecule has 2 unspecified atom stereocenters. The first-order chi connectivity index (χ1) is 8.56. The van der Waals surface area contributed by atoms with Gasteiger partial charge in [-0.25, -0.2) is 0 Å². The second-order valence-electron chi connectivity index (χ2n) is 4.96. The third kappa shape index (κ3) is 4.18. The molecular weight excluding hydrogens is 234 g/mol. The van der Waals surface area contributed by atoms with Gasteiger partial charge in [-0.3, -0.25) is 4.79 Å². The molecule has 1 aliphatic heterocycles. The minimum atomic E-state index is -0.584. The molecule has 0 saturated carbocycles. The van der Waals surface area contributed by atoms with E-state index in [4.69, 9.17) is 15.7 Å². The van der Waals surface area contributed by atoms with Crippen molar-refractivity contribution >= 4 is 11.7 Å². The van der Waals surface area contributed by atoms with Crippen LogP contribution in [0.4, 0.5) is 0 Å². The maximum atomic E-state index is 11.9. The van der Waals surface area contributed by atoms with Crippen LogP contribution in [0.5, 0.6) is 0 Å². The van der Waals surface area contributed by atoms with Gasteiger partial charge in [-0.15, -0.1) is 0 Å². The Morgan fingerprint density at radius 3 is 2.83 bits per heavy atom. The zero-order valence-electron chi connectivity index (χ0n) is 11.1. The number of rotatable bonds is 6. The highest BCUT2D eigenvalue weighted by molar-refractivity contribution is 6.02. The van der Waals surface area contributed by atoms with Crippen molar-refractivity contribution in [2.24, 2.45) is 22.7 Å². The number of hydrogen-bond acceptors (Lipinski definition) is 4. The summed E-state index contributed by atoms with van der Waals surface area (Å²) in [7, 11) is 0. The molecule has 0 bridgehead atoms. The zero-order chi connectivity index (χ0) is 13.5. The fourth-order valence-electron chi connectivity index (χ4n) is 2.18. The van der Waals surface area contributed by atoms with Crippen LogP contribution in [0, 0.1) is 11.8 Å². The Bertz CT molecular complexity index is 299. The van der Waals surface area contributed by atoms with Gasteiger partial charge in [0.05, 0.1) is 6.10 Å². The van der Waals surface area contributed by atoms with Gasteiger partial charge in [0.15, 0.2) is 5.84 Å². The summed E-state index contributed by atoms with van der Waals surface area (Å²) in [5.41, 5.74) is 5.53. The van der Waals surface area contributed by atoms with E-state index >= 15 is 0 Å². The first-order valence-corrected chi connectivity index (χ1v) is 6.43. The molecule has 1 saturated heterocycles. The third-order valence-electron chi connectivity index (χ3n) is 3.17. The molecular formula is C12H23N3O3. The monoisotopic (exact) mass is 257 g/mol. The molecule has 104 valence electrons. The van der Waals surface area contributed by atoms with Crippen molar-refractivity contribution in [1.82, 2.24) is 5.32 Å². The fourth-order valence-corrected chi connectivity index (χ4v) is 2.18. The van der Waals surface area contributed by atoms with Crippen LogP contribution in [0.25, 0.3) is 0 Å². The molecule has 0 aromatic heterocycles. The van der Waals surface area contributed by atoms with E-state index in [1.54, 1.807) is 0 Å². The van der Waals surface area contributed by atoms with E-state index in [9.17, 15) is 4.79 Å². The summed E-state index contributed by atoms with van der Waals surface area (Å²) in [6.45, 7) is 5.10. The van der Waals surface area contributed by atoms with E-state index in [1.165, 1.54) is 0 Å². The molecule has 0 aromatic rings. The van der Waals surface area contributed by atoms with Crippen LogP contribution in [-0.4, -0.2) is 36.2 Å². The van der Waals surface area contributed by atoms with Crippen LogP contribution >= 0.6 is 0 Å². The molecule has 6 heteroatoms. The van der Waals surface area contributed by atoms with Gasteiger partial charge in [-0.2, -0.15) is 0 Å². The summed E-state index contributed by atoms with van der Waals surface area (Å²) in [6, 6.07) is 0. The van der Waals surface area contributed by atoms with Gasteiger partial charge < -0.3 is 21.0 Å². The maximum absolute atomic E-state index is 11.9. The molecule has 0 aromatic carbocycles. The van der Waals surface area contributed by atoms with Crippen molar-refractivity contribution in [3.05, 3.63) is 0 Å². The SMILES string of the molecule is CC(C)C(C(=O)NCCC1CCCO1)C(N)=NO. The highest BCUT2D eigenvalue weighted by Gasteiger charge is 2.26. The normalized spacial score (nSPS) is 22.2. The molecule has 0 radical (unpaired) electrons. The summed E-state index contributed by atoms with van der Waals surface area (Å²) >= 11 is 0. The van der Waals surface area contributed by atoms with Gasteiger partial charge in [0, 0.05) is 13.2 Å². The fraction of sp³-hybridized carbons (Fsp3) is 0.833. The molecule has 1 aliphatic rings. The standard InChI is InChI=1S/C12H23N3O3/c1-8(2)10(11(13)15-17)12(16)14-6-5-9-4-3-7-18-9/h8-10,17H,3-7H2,1-2H3,(H2,13,15)(H,14,16). The Kier molecular flexibility index (Phi) is 5.91. The summed E-state index contributed by atoms with van der Waals surface area (Å²) in [6.07, 6.45) is 3.22. The van der Waals surface area contributed by atoms with Gasteiger partial charge in [0.2, 0.25) is 5.91 Å². The van der Waals surface area contributed by atoms with Crippen molar-refractivity contribution in [2.45, 2.75) is 39.2 Å². The van der Waals surface area contributed by atoms with Gasteiger partial charge in [-0.05, 0) is 25.2 Å². The van der Waals surface area contributed by atoms with Crippen molar-refractivity contribution in [2.75, 3.05) is 13.2 Å². The van der Waals surface area contributed by atoms with Gasteiger partial charge in [0.25, 0.3) is 0 Å². The van der Waals surface area contributed by atoms with Crippen LogP contribution in [0.15, 0.2) is 5.16 Å². The number of nitrogens with one attached hydrogen (secondary N) is 1. The van der Waals surface area contributed by atoms with E-state index in [0.29, 0.717) is 6.54 Å². The summed E-state index contributed by atoms with van der Waals surface area (Å²) in [4.78, 5) is 11.9. The summed E-state index contributed by atoms with van der Waals surface area (Å²) in [5, 5.41) is 14.4. The molecule has 0 spiro atoms. The quantitative estimate of drug-likeness (QED) is 0.282. The van der Waals surface area contributed by atoms with E-state index in [1.807, 2.05) is 13.8 Å². The number of carbonyl (C=O) groups excluding carboxylic acids is 1. The molecule has 1 amide bonds. The lowest BCUT2D eigenvalue weighted by molar-refractivity contribution is -0.124. The number of amidine groups is 1. The molecule has 2 atom stereocenters. The second kappa shape index (κ2) is 7.20. The maximum Gasteiger partial charge on any atom is 0.231 e. The van der Waals surface area contributed by atoms with Gasteiger partial charge in [0.1, 0.15) is 5.92 Å². The Morgan fingerprint density at radius 1 is 1.61 bits per heavy atom. The minimum Gasteiger partial charge on any atom is -0.409 e. The average molecular weight is 257 g/mol. The van der Waals surface area contributed by atoms with Crippen LogP contribution < -0.4 is 11.1 Å². The summed E-state index contributed by atoms with van der Waals surface area (Å²) < 4.78 is 5.47. The van der Waals surface area contributed by atoms with E-state index in [0.717, 1.165) is 25.9 Å². The van der Waals surface area contributed by atoms with E-state index < -0.39 is 5.92 Å². The van der Waals surface area contributed by atoms with Crippen LogP contribution in [-0.2, 0) is 9.53 Å². The third-order valence-corrected chi connectivity index (χ3v) is 3.17. The van der Waals surface area contributed by atoms with Crippen LogP contribution in [0.3, 0.4) is 0 Å². The second-order valence-corrected chi connectivity index (χ2v) is 4.96. The number of nitrogens with zero attached hydrogens (tertiary/aromatic N) is 1. The Hall–Kier alpha value is -1.30. The minimum absolute atomic E-state index is 0.0105. The Morgan fingerprint density at radius 2 is 2.33 bits per heavy atom. The molecule has 0 aliphatic carbocycles. The number of nitrogens with two attached hydrogens (primary N) is 1. The van der Waals surface area contributed by atoms with Crippen molar-refractivity contribution in [3.8, 4) is 0 Å². The molecule has 1 rings (SSSR count). The Balaban J connectivity index is 2.37. The first-order valence-electron chi connectivity index (χ1n) is 6.43. The lowest BCUT2D eigenvalue weighted by Gasteiger charge is -2.19. The number of hydrogen-bond donors (Lipinski definition) is 3. The lowest BCUT2D eigenvalue weighted by Crippen LogP contribution is -2.42. The predicted octanol–water partition coefficient (Wildman–Crippen LogP) is 0.690.